The number of nitro groups is 1. The van der Waals surface area contributed by atoms with E-state index in [4.69, 9.17) is 14.2 Å². The highest BCUT2D eigenvalue weighted by atomic mass is 19.1. The lowest BCUT2D eigenvalue weighted by molar-refractivity contribution is -0.384. The van der Waals surface area contributed by atoms with Gasteiger partial charge in [0.05, 0.1) is 25.2 Å². The molecule has 0 aromatic heterocycles. The summed E-state index contributed by atoms with van der Waals surface area (Å²) in [6, 6.07) is 14.5. The zero-order valence-electron chi connectivity index (χ0n) is 18.7. The first-order chi connectivity index (χ1) is 16.4. The molecule has 34 heavy (non-hydrogen) atoms. The normalized spacial score (nSPS) is 14.8. The van der Waals surface area contributed by atoms with Crippen LogP contribution in [0.15, 0.2) is 60.7 Å². The van der Waals surface area contributed by atoms with Gasteiger partial charge in [-0.3, -0.25) is 14.9 Å². The standard InChI is InChI=1S/C25H23FN2O6/c1-32-23-13-16-10-11-27(25(29)17-4-3-5-19(12-17)28(30)31)22(21(16)14-24(23)33-2)15-34-20-8-6-18(26)7-9-20/h3-9,12-14,22H,10-11,15H2,1-2H3/t22-/m1/s1. The number of carbonyl (C=O) groups excluding carboxylic acids is 1. The number of halogens is 1. The highest BCUT2D eigenvalue weighted by Crippen LogP contribution is 2.39. The van der Waals surface area contributed by atoms with Crippen LogP contribution in [0, 0.1) is 15.9 Å². The van der Waals surface area contributed by atoms with Crippen LogP contribution in [0.1, 0.15) is 27.5 Å². The monoisotopic (exact) mass is 466 g/mol. The summed E-state index contributed by atoms with van der Waals surface area (Å²) in [5, 5.41) is 11.2. The van der Waals surface area contributed by atoms with Crippen LogP contribution in [-0.2, 0) is 6.42 Å². The lowest BCUT2D eigenvalue weighted by atomic mass is 9.91. The van der Waals surface area contributed by atoms with Gasteiger partial charge >= 0.3 is 0 Å². The highest BCUT2D eigenvalue weighted by molar-refractivity contribution is 5.95. The molecular weight excluding hydrogens is 443 g/mol. The van der Waals surface area contributed by atoms with Crippen molar-refractivity contribution in [3.05, 3.63) is 93.3 Å². The fourth-order valence-electron chi connectivity index (χ4n) is 4.08. The van der Waals surface area contributed by atoms with Crippen LogP contribution in [0.5, 0.6) is 17.2 Å². The van der Waals surface area contributed by atoms with Crippen molar-refractivity contribution in [2.24, 2.45) is 0 Å². The van der Waals surface area contributed by atoms with E-state index in [0.717, 1.165) is 11.1 Å². The van der Waals surface area contributed by atoms with E-state index in [1.807, 2.05) is 12.1 Å². The van der Waals surface area contributed by atoms with Crippen molar-refractivity contribution in [1.82, 2.24) is 4.90 Å². The molecule has 0 aliphatic carbocycles. The Balaban J connectivity index is 1.71. The number of hydrogen-bond donors (Lipinski definition) is 0. The molecule has 9 heteroatoms. The largest absolute Gasteiger partial charge is 0.493 e. The van der Waals surface area contributed by atoms with Crippen molar-refractivity contribution in [3.63, 3.8) is 0 Å². The average Bonchev–Trinajstić information content (AvgIpc) is 2.86. The van der Waals surface area contributed by atoms with Crippen LogP contribution in [0.2, 0.25) is 0 Å². The predicted octanol–water partition coefficient (Wildman–Crippen LogP) is 4.57. The molecule has 4 rings (SSSR count). The maximum Gasteiger partial charge on any atom is 0.270 e. The Kier molecular flexibility index (Phi) is 6.62. The van der Waals surface area contributed by atoms with Crippen LogP contribution in [0.3, 0.4) is 0 Å². The van der Waals surface area contributed by atoms with E-state index in [2.05, 4.69) is 0 Å². The fraction of sp³-hybridized carbons (Fsp3) is 0.240. The Labute approximate surface area is 195 Å². The average molecular weight is 466 g/mol. The lowest BCUT2D eigenvalue weighted by Crippen LogP contribution is -2.42. The van der Waals surface area contributed by atoms with Gasteiger partial charge in [0.1, 0.15) is 18.2 Å². The second-order valence-corrected chi connectivity index (χ2v) is 7.74. The molecule has 0 bridgehead atoms. The number of amides is 1. The van der Waals surface area contributed by atoms with Crippen molar-refractivity contribution >= 4 is 11.6 Å². The number of rotatable bonds is 7. The molecule has 3 aromatic rings. The zero-order chi connectivity index (χ0) is 24.2. The number of nitro benzene ring substituents is 1. The smallest absolute Gasteiger partial charge is 0.270 e. The second-order valence-electron chi connectivity index (χ2n) is 7.74. The van der Waals surface area contributed by atoms with Gasteiger partial charge in [0.25, 0.3) is 11.6 Å². The van der Waals surface area contributed by atoms with E-state index < -0.39 is 11.0 Å². The molecule has 0 N–H and O–H groups in total. The summed E-state index contributed by atoms with van der Waals surface area (Å²) < 4.78 is 30.1. The molecule has 0 saturated heterocycles. The molecule has 176 valence electrons. The molecule has 3 aromatic carbocycles. The SMILES string of the molecule is COc1cc2c(cc1OC)[C@@H](COc1ccc(F)cc1)N(C(=O)c1cccc([N+](=O)[O-])c1)CC2. The Bertz CT molecular complexity index is 1210. The summed E-state index contributed by atoms with van der Waals surface area (Å²) >= 11 is 0. The summed E-state index contributed by atoms with van der Waals surface area (Å²) in [6.07, 6.45) is 0.559. The first-order valence-electron chi connectivity index (χ1n) is 10.6. The van der Waals surface area contributed by atoms with Gasteiger partial charge < -0.3 is 19.1 Å². The summed E-state index contributed by atoms with van der Waals surface area (Å²) in [4.78, 5) is 25.8. The van der Waals surface area contributed by atoms with Crippen molar-refractivity contribution < 1.29 is 28.3 Å². The van der Waals surface area contributed by atoms with E-state index in [9.17, 15) is 19.3 Å². The minimum absolute atomic E-state index is 0.0920. The molecule has 1 aliphatic rings. The van der Waals surface area contributed by atoms with E-state index in [-0.39, 0.29) is 29.6 Å². The third-order valence-electron chi connectivity index (χ3n) is 5.79. The van der Waals surface area contributed by atoms with Crippen LogP contribution in [-0.4, -0.2) is 43.1 Å². The predicted molar refractivity (Wildman–Crippen MR) is 122 cm³/mol. The summed E-state index contributed by atoms with van der Waals surface area (Å²) in [5.74, 6) is 0.818. The number of carbonyl (C=O) groups is 1. The number of methoxy groups -OCH3 is 2. The molecule has 1 heterocycles. The number of ether oxygens (including phenoxy) is 3. The van der Waals surface area contributed by atoms with E-state index in [0.29, 0.717) is 30.2 Å². The van der Waals surface area contributed by atoms with Crippen molar-refractivity contribution in [1.29, 1.82) is 0 Å². The van der Waals surface area contributed by atoms with Gasteiger partial charge in [0.15, 0.2) is 11.5 Å². The summed E-state index contributed by atoms with van der Waals surface area (Å²) in [5.41, 5.74) is 1.86. The van der Waals surface area contributed by atoms with Gasteiger partial charge in [-0.05, 0) is 60.0 Å². The number of non-ortho nitro benzene ring substituents is 1. The molecule has 0 saturated carbocycles. The summed E-state index contributed by atoms with van der Waals surface area (Å²) in [7, 11) is 3.09. The van der Waals surface area contributed by atoms with Gasteiger partial charge in [-0.2, -0.15) is 0 Å². The molecule has 0 radical (unpaired) electrons. The van der Waals surface area contributed by atoms with E-state index >= 15 is 0 Å². The molecular formula is C25H23FN2O6. The lowest BCUT2D eigenvalue weighted by Gasteiger charge is -2.37. The number of fused-ring (bicyclic) bond motifs is 1. The third-order valence-corrected chi connectivity index (χ3v) is 5.79. The van der Waals surface area contributed by atoms with E-state index in [1.54, 1.807) is 18.1 Å². The minimum Gasteiger partial charge on any atom is -0.493 e. The van der Waals surface area contributed by atoms with Crippen molar-refractivity contribution in [2.45, 2.75) is 12.5 Å². The Morgan fingerprint density at radius 2 is 1.79 bits per heavy atom. The summed E-state index contributed by atoms with van der Waals surface area (Å²) in [6.45, 7) is 0.468. The molecule has 0 spiro atoms. The zero-order valence-corrected chi connectivity index (χ0v) is 18.7. The molecule has 1 aliphatic heterocycles. The highest BCUT2D eigenvalue weighted by Gasteiger charge is 2.33. The maximum absolute atomic E-state index is 13.5. The van der Waals surface area contributed by atoms with Gasteiger partial charge in [0.2, 0.25) is 0 Å². The number of benzene rings is 3. The van der Waals surface area contributed by atoms with Crippen LogP contribution in [0.25, 0.3) is 0 Å². The van der Waals surface area contributed by atoms with Crippen LogP contribution in [0.4, 0.5) is 10.1 Å². The minimum atomic E-state index is -0.533. The molecule has 8 nitrogen and oxygen atoms in total. The molecule has 0 unspecified atom stereocenters. The fourth-order valence-corrected chi connectivity index (χ4v) is 4.08. The van der Waals surface area contributed by atoms with E-state index in [1.165, 1.54) is 49.6 Å². The first kappa shape index (κ1) is 23.0. The Hall–Kier alpha value is -4.14. The molecule has 1 atom stereocenters. The first-order valence-corrected chi connectivity index (χ1v) is 10.6. The number of hydrogen-bond acceptors (Lipinski definition) is 6. The number of nitrogens with zero attached hydrogens (tertiary/aromatic N) is 2. The quantitative estimate of drug-likeness (QED) is 0.374. The van der Waals surface area contributed by atoms with Crippen molar-refractivity contribution in [3.8, 4) is 17.2 Å². The van der Waals surface area contributed by atoms with Crippen LogP contribution >= 0.6 is 0 Å². The van der Waals surface area contributed by atoms with Gasteiger partial charge in [-0.15, -0.1) is 0 Å². The Morgan fingerprint density at radius 3 is 2.47 bits per heavy atom. The van der Waals surface area contributed by atoms with Crippen LogP contribution < -0.4 is 14.2 Å². The topological polar surface area (TPSA) is 91.1 Å². The van der Waals surface area contributed by atoms with Gasteiger partial charge in [-0.25, -0.2) is 4.39 Å². The Morgan fingerprint density at radius 1 is 1.09 bits per heavy atom. The maximum atomic E-state index is 13.5. The van der Waals surface area contributed by atoms with Gasteiger partial charge in [-0.1, -0.05) is 6.07 Å². The third kappa shape index (κ3) is 4.63. The molecule has 1 amide bonds. The van der Waals surface area contributed by atoms with Gasteiger partial charge in [0, 0.05) is 24.2 Å². The van der Waals surface area contributed by atoms with Crippen molar-refractivity contribution in [2.75, 3.05) is 27.4 Å². The second kappa shape index (κ2) is 9.78. The molecule has 0 fully saturated rings.